The molecule has 1 unspecified atom stereocenters. The molecule has 1 heterocycles. The first-order chi connectivity index (χ1) is 13.3. The van der Waals surface area contributed by atoms with Crippen molar-refractivity contribution in [1.82, 2.24) is 0 Å². The van der Waals surface area contributed by atoms with Crippen molar-refractivity contribution in [2.24, 2.45) is 40.2 Å². The lowest BCUT2D eigenvalue weighted by Crippen LogP contribution is -2.55. The van der Waals surface area contributed by atoms with Crippen LogP contribution < -0.4 is 5.73 Å². The summed E-state index contributed by atoms with van der Waals surface area (Å²) in [4.78, 5) is 0. The molecular formula is C23H37NO4. The Labute approximate surface area is 168 Å². The van der Waals surface area contributed by atoms with Gasteiger partial charge < -0.3 is 25.5 Å². The molecule has 158 valence electrons. The summed E-state index contributed by atoms with van der Waals surface area (Å²) in [5.74, 6) is 1.88. The van der Waals surface area contributed by atoms with Crippen LogP contribution in [0.3, 0.4) is 0 Å². The molecule has 3 fully saturated rings. The third-order valence-corrected chi connectivity index (χ3v) is 9.36. The van der Waals surface area contributed by atoms with Crippen molar-refractivity contribution >= 4 is 0 Å². The number of aliphatic hydroxyl groups excluding tert-OH is 2. The zero-order chi connectivity index (χ0) is 20.2. The van der Waals surface area contributed by atoms with Crippen LogP contribution in [0.25, 0.3) is 0 Å². The van der Waals surface area contributed by atoms with Crippen LogP contribution in [0.5, 0.6) is 0 Å². The van der Waals surface area contributed by atoms with Crippen molar-refractivity contribution in [3.8, 4) is 0 Å². The minimum atomic E-state index is -0.931. The number of hydrogen-bond acceptors (Lipinski definition) is 5. The van der Waals surface area contributed by atoms with E-state index in [-0.39, 0.29) is 29.5 Å². The van der Waals surface area contributed by atoms with E-state index >= 15 is 0 Å². The molecule has 5 N–H and O–H groups in total. The predicted octanol–water partition coefficient (Wildman–Crippen LogP) is 3.03. The number of nitrogens with two attached hydrogens (primary N) is 1. The lowest BCUT2D eigenvalue weighted by molar-refractivity contribution is -0.150. The highest BCUT2D eigenvalue weighted by atomic mass is 16.4. The third-order valence-electron chi connectivity index (χ3n) is 9.36. The van der Waals surface area contributed by atoms with Gasteiger partial charge in [0.15, 0.2) is 0 Å². The van der Waals surface area contributed by atoms with Crippen LogP contribution in [0.1, 0.15) is 64.6 Å². The lowest BCUT2D eigenvalue weighted by atomic mass is 9.48. The molecule has 0 spiro atoms. The largest absolute Gasteiger partial charge is 0.466 e. The van der Waals surface area contributed by atoms with E-state index in [0.717, 1.165) is 32.1 Å². The minimum absolute atomic E-state index is 0.00919. The summed E-state index contributed by atoms with van der Waals surface area (Å²) in [6.07, 6.45) is 7.37. The van der Waals surface area contributed by atoms with Gasteiger partial charge in [-0.2, -0.15) is 0 Å². The predicted molar refractivity (Wildman–Crippen MR) is 107 cm³/mol. The molecule has 0 saturated heterocycles. The van der Waals surface area contributed by atoms with Crippen LogP contribution in [0.15, 0.2) is 22.8 Å². The standard InChI is InChI=1S/C23H37NO4/c1-21(8-5-16(26)12-15(21)14-25)18-6-9-22(2)19(17(18)13-24)7-10-23(22,27)20-4-3-11-28-20/h3-4,11,15-19,25-27H,5-10,12-14,24H2,1-2H3/t15-,16+,17-,18?,19+,21+,22+,23-/m1/s1. The van der Waals surface area contributed by atoms with Gasteiger partial charge in [-0.25, -0.2) is 0 Å². The summed E-state index contributed by atoms with van der Waals surface area (Å²) < 4.78 is 5.67. The Morgan fingerprint density at radius 2 is 1.89 bits per heavy atom. The van der Waals surface area contributed by atoms with Crippen LogP contribution in [0, 0.1) is 34.5 Å². The fourth-order valence-corrected chi connectivity index (χ4v) is 7.54. The maximum absolute atomic E-state index is 11.7. The van der Waals surface area contributed by atoms with Crippen molar-refractivity contribution in [3.63, 3.8) is 0 Å². The van der Waals surface area contributed by atoms with E-state index in [1.807, 2.05) is 12.1 Å². The topological polar surface area (TPSA) is 99.9 Å². The van der Waals surface area contributed by atoms with Gasteiger partial charge in [0.1, 0.15) is 11.4 Å². The highest BCUT2D eigenvalue weighted by molar-refractivity contribution is 5.21. The van der Waals surface area contributed by atoms with Gasteiger partial charge >= 0.3 is 0 Å². The molecule has 4 rings (SSSR count). The second-order valence-corrected chi connectivity index (χ2v) is 10.3. The van der Waals surface area contributed by atoms with Crippen molar-refractivity contribution in [2.75, 3.05) is 13.2 Å². The first-order valence-corrected chi connectivity index (χ1v) is 11.1. The molecule has 1 aromatic rings. The van der Waals surface area contributed by atoms with Crippen LogP contribution in [-0.4, -0.2) is 34.6 Å². The number of furan rings is 1. The third kappa shape index (κ3) is 2.73. The molecule has 3 aliphatic rings. The molecule has 5 nitrogen and oxygen atoms in total. The van der Waals surface area contributed by atoms with E-state index in [2.05, 4.69) is 13.8 Å². The van der Waals surface area contributed by atoms with E-state index in [4.69, 9.17) is 10.2 Å². The summed E-state index contributed by atoms with van der Waals surface area (Å²) in [6.45, 7) is 5.26. The monoisotopic (exact) mass is 391 g/mol. The minimum Gasteiger partial charge on any atom is -0.466 e. The van der Waals surface area contributed by atoms with Gasteiger partial charge in [0.2, 0.25) is 0 Å². The molecule has 5 heteroatoms. The summed E-state index contributed by atoms with van der Waals surface area (Å²) in [5, 5.41) is 31.9. The molecule has 0 amide bonds. The Balaban J connectivity index is 1.66. The summed E-state index contributed by atoms with van der Waals surface area (Å²) >= 11 is 0. The van der Waals surface area contributed by atoms with Crippen molar-refractivity contribution in [1.29, 1.82) is 0 Å². The normalized spacial score (nSPS) is 49.1. The van der Waals surface area contributed by atoms with Crippen LogP contribution in [0.4, 0.5) is 0 Å². The van der Waals surface area contributed by atoms with Crippen molar-refractivity contribution in [2.45, 2.75) is 70.5 Å². The Bertz CT molecular complexity index is 678. The smallest absolute Gasteiger partial charge is 0.135 e. The van der Waals surface area contributed by atoms with Gasteiger partial charge in [-0.15, -0.1) is 0 Å². The Morgan fingerprint density at radius 1 is 1.14 bits per heavy atom. The van der Waals surface area contributed by atoms with Crippen molar-refractivity contribution in [3.05, 3.63) is 24.2 Å². The van der Waals surface area contributed by atoms with E-state index in [9.17, 15) is 15.3 Å². The molecular weight excluding hydrogens is 354 g/mol. The quantitative estimate of drug-likeness (QED) is 0.632. The van der Waals surface area contributed by atoms with Crippen molar-refractivity contribution < 1.29 is 19.7 Å². The van der Waals surface area contributed by atoms with Crippen LogP contribution in [-0.2, 0) is 5.60 Å². The molecule has 3 aliphatic carbocycles. The number of fused-ring (bicyclic) bond motifs is 1. The summed E-state index contributed by atoms with van der Waals surface area (Å²) in [6, 6.07) is 3.76. The van der Waals surface area contributed by atoms with Gasteiger partial charge in [0, 0.05) is 12.0 Å². The molecule has 0 radical (unpaired) electrons. The fourth-order valence-electron chi connectivity index (χ4n) is 7.54. The van der Waals surface area contributed by atoms with Gasteiger partial charge in [-0.3, -0.25) is 0 Å². The number of rotatable bonds is 4. The molecule has 28 heavy (non-hydrogen) atoms. The Morgan fingerprint density at radius 3 is 2.54 bits per heavy atom. The second kappa shape index (κ2) is 7.12. The number of aliphatic hydroxyl groups is 3. The molecule has 1 aromatic heterocycles. The molecule has 3 saturated carbocycles. The average Bonchev–Trinajstić information content (AvgIpc) is 3.31. The molecule has 8 atom stereocenters. The van der Waals surface area contributed by atoms with Gasteiger partial charge in [-0.05, 0) is 92.7 Å². The first-order valence-electron chi connectivity index (χ1n) is 11.1. The van der Waals surface area contributed by atoms with E-state index < -0.39 is 5.60 Å². The zero-order valence-corrected chi connectivity index (χ0v) is 17.3. The summed E-state index contributed by atoms with van der Waals surface area (Å²) in [5.41, 5.74) is 5.19. The maximum Gasteiger partial charge on any atom is 0.135 e. The van der Waals surface area contributed by atoms with E-state index in [1.165, 1.54) is 0 Å². The van der Waals surface area contributed by atoms with E-state index in [1.54, 1.807) is 6.26 Å². The molecule has 0 aliphatic heterocycles. The molecule has 0 aromatic carbocycles. The van der Waals surface area contributed by atoms with Gasteiger partial charge in [0.05, 0.1) is 12.4 Å². The zero-order valence-electron chi connectivity index (χ0n) is 17.3. The van der Waals surface area contributed by atoms with Gasteiger partial charge in [0.25, 0.3) is 0 Å². The highest BCUT2D eigenvalue weighted by Gasteiger charge is 2.64. The number of hydrogen-bond donors (Lipinski definition) is 4. The molecule has 0 bridgehead atoms. The maximum atomic E-state index is 11.7. The van der Waals surface area contributed by atoms with Crippen LogP contribution in [0.2, 0.25) is 0 Å². The SMILES string of the molecule is C[C@]12CCC([C@@]3(C)CC[C@H](O)C[C@@H]3CO)[C@@H](CN)[C@@H]1CC[C@@]2(O)c1ccco1. The highest BCUT2D eigenvalue weighted by Crippen LogP contribution is 2.67. The first kappa shape index (κ1) is 20.4. The fraction of sp³-hybridized carbons (Fsp3) is 0.826. The lowest BCUT2D eigenvalue weighted by Gasteiger charge is -2.57. The van der Waals surface area contributed by atoms with Gasteiger partial charge in [-0.1, -0.05) is 13.8 Å². The average molecular weight is 392 g/mol. The van der Waals surface area contributed by atoms with Crippen LogP contribution >= 0.6 is 0 Å². The van der Waals surface area contributed by atoms with E-state index in [0.29, 0.717) is 42.9 Å². The summed E-state index contributed by atoms with van der Waals surface area (Å²) in [7, 11) is 0. The Kier molecular flexibility index (Phi) is 5.18. The second-order valence-electron chi connectivity index (χ2n) is 10.3. The Hall–Kier alpha value is -0.880.